The minimum atomic E-state index is 0.931. The van der Waals surface area contributed by atoms with Gasteiger partial charge in [0.15, 0.2) is 0 Å². The average Bonchev–Trinajstić information content (AvgIpc) is 2.28. The van der Waals surface area contributed by atoms with Gasteiger partial charge in [0.2, 0.25) is 0 Å². The van der Waals surface area contributed by atoms with E-state index in [9.17, 15) is 0 Å². The zero-order chi connectivity index (χ0) is 10.5. The van der Waals surface area contributed by atoms with Gasteiger partial charge in [-0.25, -0.2) is 0 Å². The molecule has 0 aromatic heterocycles. The SMILES string of the molecule is C[C@@H]1CCCN(CCN2CCCCC2)C1. The number of rotatable bonds is 3. The highest BCUT2D eigenvalue weighted by Crippen LogP contribution is 2.15. The van der Waals surface area contributed by atoms with Crippen molar-refractivity contribution in [2.45, 2.75) is 39.0 Å². The van der Waals surface area contributed by atoms with E-state index in [0.717, 1.165) is 5.92 Å². The Morgan fingerprint density at radius 3 is 2.27 bits per heavy atom. The number of nitrogens with zero attached hydrogens (tertiary/aromatic N) is 2. The van der Waals surface area contributed by atoms with Crippen LogP contribution in [0.25, 0.3) is 0 Å². The van der Waals surface area contributed by atoms with E-state index in [1.807, 2.05) is 0 Å². The summed E-state index contributed by atoms with van der Waals surface area (Å²) in [6.07, 6.45) is 7.17. The Morgan fingerprint density at radius 2 is 1.53 bits per heavy atom. The molecule has 0 aromatic rings. The van der Waals surface area contributed by atoms with Crippen LogP contribution in [-0.4, -0.2) is 49.1 Å². The molecule has 0 amide bonds. The highest BCUT2D eigenvalue weighted by molar-refractivity contribution is 4.72. The van der Waals surface area contributed by atoms with Gasteiger partial charge in [-0.3, -0.25) is 0 Å². The van der Waals surface area contributed by atoms with Crippen molar-refractivity contribution < 1.29 is 0 Å². The zero-order valence-corrected chi connectivity index (χ0v) is 10.2. The minimum absolute atomic E-state index is 0.931. The molecule has 2 heterocycles. The maximum absolute atomic E-state index is 2.67. The molecule has 0 N–H and O–H groups in total. The zero-order valence-electron chi connectivity index (χ0n) is 10.2. The summed E-state index contributed by atoms with van der Waals surface area (Å²) in [5, 5.41) is 0. The van der Waals surface area contributed by atoms with Gasteiger partial charge in [-0.15, -0.1) is 0 Å². The molecule has 0 aromatic carbocycles. The highest BCUT2D eigenvalue weighted by Gasteiger charge is 2.17. The third kappa shape index (κ3) is 3.76. The first kappa shape index (κ1) is 11.4. The molecule has 88 valence electrons. The number of hydrogen-bond donors (Lipinski definition) is 0. The summed E-state index contributed by atoms with van der Waals surface area (Å²) in [5.41, 5.74) is 0. The predicted molar refractivity (Wildman–Crippen MR) is 65.1 cm³/mol. The van der Waals surface area contributed by atoms with Gasteiger partial charge in [0, 0.05) is 19.6 Å². The topological polar surface area (TPSA) is 6.48 Å². The van der Waals surface area contributed by atoms with E-state index in [-0.39, 0.29) is 0 Å². The van der Waals surface area contributed by atoms with Crippen LogP contribution >= 0.6 is 0 Å². The fourth-order valence-corrected chi connectivity index (χ4v) is 2.96. The van der Waals surface area contributed by atoms with Gasteiger partial charge in [-0.05, 0) is 51.2 Å². The van der Waals surface area contributed by atoms with E-state index in [0.29, 0.717) is 0 Å². The smallest absolute Gasteiger partial charge is 0.0109 e. The van der Waals surface area contributed by atoms with Crippen molar-refractivity contribution >= 4 is 0 Å². The number of hydrogen-bond acceptors (Lipinski definition) is 2. The van der Waals surface area contributed by atoms with Crippen LogP contribution < -0.4 is 0 Å². The van der Waals surface area contributed by atoms with Gasteiger partial charge < -0.3 is 9.80 Å². The molecule has 1 atom stereocenters. The lowest BCUT2D eigenvalue weighted by Gasteiger charge is -2.34. The lowest BCUT2D eigenvalue weighted by atomic mass is 10.0. The van der Waals surface area contributed by atoms with Gasteiger partial charge >= 0.3 is 0 Å². The van der Waals surface area contributed by atoms with E-state index in [1.54, 1.807) is 0 Å². The molecule has 0 spiro atoms. The standard InChI is InChI=1S/C13H26N2/c1-13-6-5-9-15(12-13)11-10-14-7-3-2-4-8-14/h13H,2-12H2,1H3/t13-/m1/s1. The Balaban J connectivity index is 1.63. The average molecular weight is 210 g/mol. The van der Waals surface area contributed by atoms with Crippen LogP contribution in [0.5, 0.6) is 0 Å². The predicted octanol–water partition coefficient (Wildman–Crippen LogP) is 2.20. The Kier molecular flexibility index (Phi) is 4.45. The maximum Gasteiger partial charge on any atom is 0.0109 e. The monoisotopic (exact) mass is 210 g/mol. The molecule has 2 nitrogen and oxygen atoms in total. The van der Waals surface area contributed by atoms with Crippen molar-refractivity contribution in [2.24, 2.45) is 5.92 Å². The normalized spacial score (nSPS) is 30.6. The lowest BCUT2D eigenvalue weighted by molar-refractivity contribution is 0.144. The quantitative estimate of drug-likeness (QED) is 0.704. The molecule has 2 saturated heterocycles. The van der Waals surface area contributed by atoms with E-state index >= 15 is 0 Å². The largest absolute Gasteiger partial charge is 0.302 e. The van der Waals surface area contributed by atoms with Crippen molar-refractivity contribution in [2.75, 3.05) is 39.3 Å². The van der Waals surface area contributed by atoms with Gasteiger partial charge in [0.1, 0.15) is 0 Å². The van der Waals surface area contributed by atoms with Crippen LogP contribution in [0.1, 0.15) is 39.0 Å². The van der Waals surface area contributed by atoms with E-state index in [4.69, 9.17) is 0 Å². The van der Waals surface area contributed by atoms with Crippen molar-refractivity contribution in [1.29, 1.82) is 0 Å². The van der Waals surface area contributed by atoms with Crippen LogP contribution in [-0.2, 0) is 0 Å². The molecule has 2 aliphatic rings. The van der Waals surface area contributed by atoms with Crippen LogP contribution in [0.2, 0.25) is 0 Å². The highest BCUT2D eigenvalue weighted by atomic mass is 15.2. The Hall–Kier alpha value is -0.0800. The second kappa shape index (κ2) is 5.86. The maximum atomic E-state index is 2.67. The first-order chi connectivity index (χ1) is 7.34. The summed E-state index contributed by atoms with van der Waals surface area (Å²) in [4.78, 5) is 5.32. The van der Waals surface area contributed by atoms with Crippen molar-refractivity contribution in [3.8, 4) is 0 Å². The summed E-state index contributed by atoms with van der Waals surface area (Å²) in [6, 6.07) is 0. The van der Waals surface area contributed by atoms with Crippen molar-refractivity contribution in [1.82, 2.24) is 9.80 Å². The molecule has 0 aliphatic carbocycles. The number of likely N-dealkylation sites (tertiary alicyclic amines) is 2. The summed E-state index contributed by atoms with van der Waals surface area (Å²) < 4.78 is 0. The molecule has 0 unspecified atom stereocenters. The van der Waals surface area contributed by atoms with Crippen molar-refractivity contribution in [3.05, 3.63) is 0 Å². The first-order valence-corrected chi connectivity index (χ1v) is 6.79. The fourth-order valence-electron chi connectivity index (χ4n) is 2.96. The minimum Gasteiger partial charge on any atom is -0.302 e. The summed E-state index contributed by atoms with van der Waals surface area (Å²) >= 11 is 0. The van der Waals surface area contributed by atoms with Crippen LogP contribution in [0.4, 0.5) is 0 Å². The molecule has 15 heavy (non-hydrogen) atoms. The van der Waals surface area contributed by atoms with Gasteiger partial charge in [-0.2, -0.15) is 0 Å². The van der Waals surface area contributed by atoms with Gasteiger partial charge in [0.25, 0.3) is 0 Å². The van der Waals surface area contributed by atoms with Crippen LogP contribution in [0.3, 0.4) is 0 Å². The molecule has 2 heteroatoms. The molecular formula is C13H26N2. The second-order valence-corrected chi connectivity index (χ2v) is 5.45. The fraction of sp³-hybridized carbons (Fsp3) is 1.00. The van der Waals surface area contributed by atoms with E-state index < -0.39 is 0 Å². The molecule has 2 rings (SSSR count). The molecule has 2 fully saturated rings. The van der Waals surface area contributed by atoms with Crippen LogP contribution in [0, 0.1) is 5.92 Å². The van der Waals surface area contributed by atoms with E-state index in [1.165, 1.54) is 71.4 Å². The Labute approximate surface area is 94.6 Å². The Morgan fingerprint density at radius 1 is 0.867 bits per heavy atom. The second-order valence-electron chi connectivity index (χ2n) is 5.45. The summed E-state index contributed by atoms with van der Waals surface area (Å²) in [5.74, 6) is 0.931. The molecule has 0 bridgehead atoms. The van der Waals surface area contributed by atoms with Crippen molar-refractivity contribution in [3.63, 3.8) is 0 Å². The molecule has 0 saturated carbocycles. The molecular weight excluding hydrogens is 184 g/mol. The summed E-state index contributed by atoms with van der Waals surface area (Å²) in [7, 11) is 0. The Bertz CT molecular complexity index is 175. The van der Waals surface area contributed by atoms with Crippen LogP contribution in [0.15, 0.2) is 0 Å². The van der Waals surface area contributed by atoms with Gasteiger partial charge in [-0.1, -0.05) is 13.3 Å². The third-order valence-corrected chi connectivity index (χ3v) is 3.92. The summed E-state index contributed by atoms with van der Waals surface area (Å²) in [6.45, 7) is 10.4. The first-order valence-electron chi connectivity index (χ1n) is 6.79. The van der Waals surface area contributed by atoms with E-state index in [2.05, 4.69) is 16.7 Å². The third-order valence-electron chi connectivity index (χ3n) is 3.92. The number of piperidine rings is 2. The molecule has 0 radical (unpaired) electrons. The lowest BCUT2D eigenvalue weighted by Crippen LogP contribution is -2.41. The van der Waals surface area contributed by atoms with Gasteiger partial charge in [0.05, 0.1) is 0 Å². The molecule has 2 aliphatic heterocycles.